The average molecular weight is 412 g/mol. The van der Waals surface area contributed by atoms with Crippen LogP contribution in [0.15, 0.2) is 89.5 Å². The van der Waals surface area contributed by atoms with Gasteiger partial charge in [-0.3, -0.25) is 9.78 Å². The first-order valence-electron chi connectivity index (χ1n) is 10.4. The maximum Gasteiger partial charge on any atom is 0.222 e. The van der Waals surface area contributed by atoms with Gasteiger partial charge < -0.3 is 9.32 Å². The van der Waals surface area contributed by atoms with Crippen molar-refractivity contribution in [3.05, 3.63) is 96.6 Å². The first-order valence-corrected chi connectivity index (χ1v) is 10.4. The van der Waals surface area contributed by atoms with Crippen molar-refractivity contribution < 1.29 is 9.21 Å². The topological polar surface area (TPSA) is 59.2 Å². The molecule has 2 aromatic carbocycles. The molecular weight excluding hydrogens is 386 g/mol. The number of pyridine rings is 1. The van der Waals surface area contributed by atoms with E-state index in [1.54, 1.807) is 11.1 Å². The second-order valence-corrected chi connectivity index (χ2v) is 7.40. The van der Waals surface area contributed by atoms with Crippen LogP contribution < -0.4 is 0 Å². The Bertz CT molecular complexity index is 1050. The number of hydrogen-bond acceptors (Lipinski definition) is 4. The van der Waals surface area contributed by atoms with Gasteiger partial charge in [-0.05, 0) is 12.1 Å². The Morgan fingerprint density at radius 3 is 2.23 bits per heavy atom. The van der Waals surface area contributed by atoms with Crippen molar-refractivity contribution >= 4 is 5.91 Å². The van der Waals surface area contributed by atoms with E-state index >= 15 is 0 Å². The summed E-state index contributed by atoms with van der Waals surface area (Å²) in [4.78, 5) is 23.4. The standard InChI is InChI=1S/C26H25N3O2/c1-29(19-17-22-14-8-9-18-27-22)24(30)16-15-23-28-25(20-10-4-2-5-11-20)26(31-23)21-12-6-3-7-13-21/h2-14,18H,15-17,19H2,1H3. The molecule has 0 aliphatic rings. The molecule has 0 spiro atoms. The lowest BCUT2D eigenvalue weighted by Crippen LogP contribution is -2.29. The van der Waals surface area contributed by atoms with Gasteiger partial charge in [0.15, 0.2) is 11.7 Å². The van der Waals surface area contributed by atoms with Gasteiger partial charge in [0.05, 0.1) is 0 Å². The molecule has 31 heavy (non-hydrogen) atoms. The summed E-state index contributed by atoms with van der Waals surface area (Å²) in [6.07, 6.45) is 3.31. The fraction of sp³-hybridized carbons (Fsp3) is 0.192. The summed E-state index contributed by atoms with van der Waals surface area (Å²) in [5.41, 5.74) is 3.75. The van der Waals surface area contributed by atoms with Crippen molar-refractivity contribution in [1.29, 1.82) is 0 Å². The van der Waals surface area contributed by atoms with Crippen LogP contribution in [-0.2, 0) is 17.6 Å². The second-order valence-electron chi connectivity index (χ2n) is 7.40. The van der Waals surface area contributed by atoms with Crippen LogP contribution >= 0.6 is 0 Å². The summed E-state index contributed by atoms with van der Waals surface area (Å²) in [5.74, 6) is 1.37. The van der Waals surface area contributed by atoms with Gasteiger partial charge in [-0.15, -0.1) is 0 Å². The van der Waals surface area contributed by atoms with E-state index in [0.717, 1.165) is 34.7 Å². The molecule has 0 aliphatic carbocycles. The van der Waals surface area contributed by atoms with Crippen molar-refractivity contribution in [2.45, 2.75) is 19.3 Å². The molecule has 0 bridgehead atoms. The Labute approximate surface area is 182 Å². The van der Waals surface area contributed by atoms with Crippen LogP contribution in [0.25, 0.3) is 22.6 Å². The second kappa shape index (κ2) is 9.85. The fourth-order valence-corrected chi connectivity index (χ4v) is 3.41. The zero-order valence-electron chi connectivity index (χ0n) is 17.6. The summed E-state index contributed by atoms with van der Waals surface area (Å²) in [7, 11) is 1.83. The van der Waals surface area contributed by atoms with Crippen LogP contribution in [0.3, 0.4) is 0 Å². The van der Waals surface area contributed by atoms with E-state index in [4.69, 9.17) is 9.40 Å². The smallest absolute Gasteiger partial charge is 0.222 e. The van der Waals surface area contributed by atoms with Crippen molar-refractivity contribution in [3.63, 3.8) is 0 Å². The minimum atomic E-state index is 0.0663. The zero-order valence-corrected chi connectivity index (χ0v) is 17.6. The number of nitrogens with zero attached hydrogens (tertiary/aromatic N) is 3. The molecule has 0 atom stereocenters. The van der Waals surface area contributed by atoms with E-state index in [9.17, 15) is 4.79 Å². The summed E-state index contributed by atoms with van der Waals surface area (Å²) >= 11 is 0. The molecular formula is C26H25N3O2. The highest BCUT2D eigenvalue weighted by Crippen LogP contribution is 2.32. The number of amides is 1. The quantitative estimate of drug-likeness (QED) is 0.408. The van der Waals surface area contributed by atoms with Gasteiger partial charge in [0.25, 0.3) is 0 Å². The Hall–Kier alpha value is -3.73. The van der Waals surface area contributed by atoms with Crippen molar-refractivity contribution in [3.8, 4) is 22.6 Å². The molecule has 5 nitrogen and oxygen atoms in total. The Balaban J connectivity index is 1.45. The fourth-order valence-electron chi connectivity index (χ4n) is 3.41. The van der Waals surface area contributed by atoms with Crippen molar-refractivity contribution in [2.75, 3.05) is 13.6 Å². The Morgan fingerprint density at radius 1 is 0.871 bits per heavy atom. The summed E-state index contributed by atoms with van der Waals surface area (Å²) < 4.78 is 6.12. The molecule has 2 aromatic heterocycles. The molecule has 0 radical (unpaired) electrons. The molecule has 156 valence electrons. The first-order chi connectivity index (χ1) is 15.2. The minimum Gasteiger partial charge on any atom is -0.440 e. The van der Waals surface area contributed by atoms with Gasteiger partial charge in [0, 0.05) is 55.9 Å². The van der Waals surface area contributed by atoms with Crippen LogP contribution in [0.2, 0.25) is 0 Å². The molecule has 0 N–H and O–H groups in total. The number of oxazole rings is 1. The third kappa shape index (κ3) is 5.25. The normalized spacial score (nSPS) is 10.7. The minimum absolute atomic E-state index is 0.0663. The third-order valence-electron chi connectivity index (χ3n) is 5.16. The SMILES string of the molecule is CN(CCc1ccccn1)C(=O)CCc1nc(-c2ccccc2)c(-c2ccccc2)o1. The van der Waals surface area contributed by atoms with Gasteiger partial charge in [0.2, 0.25) is 5.91 Å². The van der Waals surface area contributed by atoms with E-state index in [2.05, 4.69) is 4.98 Å². The molecule has 0 fully saturated rings. The number of likely N-dealkylation sites (N-methyl/N-ethyl adjacent to an activating group) is 1. The van der Waals surface area contributed by atoms with Gasteiger partial charge >= 0.3 is 0 Å². The van der Waals surface area contributed by atoms with E-state index in [0.29, 0.717) is 25.3 Å². The number of aryl methyl sites for hydroxylation is 1. The number of carbonyl (C=O) groups excluding carboxylic acids is 1. The largest absolute Gasteiger partial charge is 0.440 e. The lowest BCUT2D eigenvalue weighted by molar-refractivity contribution is -0.129. The highest BCUT2D eigenvalue weighted by Gasteiger charge is 2.18. The number of rotatable bonds is 8. The molecule has 4 rings (SSSR count). The van der Waals surface area contributed by atoms with E-state index in [1.807, 2.05) is 85.9 Å². The van der Waals surface area contributed by atoms with Crippen LogP contribution in [0, 0.1) is 0 Å². The summed E-state index contributed by atoms with van der Waals surface area (Å²) in [6, 6.07) is 25.8. The van der Waals surface area contributed by atoms with Crippen molar-refractivity contribution in [2.24, 2.45) is 0 Å². The predicted molar refractivity (Wildman–Crippen MR) is 121 cm³/mol. The average Bonchev–Trinajstić information content (AvgIpc) is 3.27. The van der Waals surface area contributed by atoms with Crippen LogP contribution in [-0.4, -0.2) is 34.4 Å². The Morgan fingerprint density at radius 2 is 1.55 bits per heavy atom. The lowest BCUT2D eigenvalue weighted by atomic mass is 10.1. The number of hydrogen-bond donors (Lipinski definition) is 0. The first kappa shape index (κ1) is 20.5. The molecule has 0 saturated carbocycles. The Kier molecular flexibility index (Phi) is 6.53. The van der Waals surface area contributed by atoms with E-state index in [-0.39, 0.29) is 5.91 Å². The van der Waals surface area contributed by atoms with Gasteiger partial charge in [-0.1, -0.05) is 66.7 Å². The molecule has 0 unspecified atom stereocenters. The maximum absolute atomic E-state index is 12.6. The van der Waals surface area contributed by atoms with E-state index < -0.39 is 0 Å². The van der Waals surface area contributed by atoms with Crippen LogP contribution in [0.5, 0.6) is 0 Å². The van der Waals surface area contributed by atoms with E-state index in [1.165, 1.54) is 0 Å². The summed E-state index contributed by atoms with van der Waals surface area (Å²) in [5, 5.41) is 0. The maximum atomic E-state index is 12.6. The third-order valence-corrected chi connectivity index (χ3v) is 5.16. The molecule has 1 amide bonds. The molecule has 0 saturated heterocycles. The number of carbonyl (C=O) groups is 1. The van der Waals surface area contributed by atoms with Gasteiger partial charge in [-0.25, -0.2) is 4.98 Å². The number of benzene rings is 2. The highest BCUT2D eigenvalue weighted by molar-refractivity contribution is 5.77. The molecule has 4 aromatic rings. The summed E-state index contributed by atoms with van der Waals surface area (Å²) in [6.45, 7) is 0.631. The number of aromatic nitrogens is 2. The van der Waals surface area contributed by atoms with Crippen LogP contribution in [0.1, 0.15) is 18.0 Å². The lowest BCUT2D eigenvalue weighted by Gasteiger charge is -2.16. The monoisotopic (exact) mass is 411 g/mol. The van der Waals surface area contributed by atoms with Gasteiger partial charge in [-0.2, -0.15) is 0 Å². The van der Waals surface area contributed by atoms with Gasteiger partial charge in [0.1, 0.15) is 5.69 Å². The molecule has 5 heteroatoms. The van der Waals surface area contributed by atoms with Crippen molar-refractivity contribution in [1.82, 2.24) is 14.9 Å². The predicted octanol–water partition coefficient (Wildman–Crippen LogP) is 5.04. The highest BCUT2D eigenvalue weighted by atomic mass is 16.4. The molecule has 0 aliphatic heterocycles. The van der Waals surface area contributed by atoms with Crippen LogP contribution in [0.4, 0.5) is 0 Å². The molecule has 2 heterocycles. The zero-order chi connectivity index (χ0) is 21.5.